The van der Waals surface area contributed by atoms with Crippen molar-refractivity contribution in [3.05, 3.63) is 95.3 Å². The van der Waals surface area contributed by atoms with E-state index in [2.05, 4.69) is 5.32 Å². The van der Waals surface area contributed by atoms with Crippen molar-refractivity contribution in [3.8, 4) is 0 Å². The van der Waals surface area contributed by atoms with E-state index in [4.69, 9.17) is 0 Å². The molecule has 1 atom stereocenters. The molecule has 0 fully saturated rings. The van der Waals surface area contributed by atoms with Gasteiger partial charge in [-0.1, -0.05) is 67.4 Å². The van der Waals surface area contributed by atoms with Gasteiger partial charge >= 0.3 is 0 Å². The number of para-hydroxylation sites is 1. The van der Waals surface area contributed by atoms with Crippen molar-refractivity contribution in [1.82, 2.24) is 10.2 Å². The Bertz CT molecular complexity index is 1390. The number of anilines is 1. The van der Waals surface area contributed by atoms with E-state index < -0.39 is 40.2 Å². The average molecular weight is 554 g/mol. The Kier molecular flexibility index (Phi) is 10.2. The monoisotopic (exact) mass is 553 g/mol. The standard InChI is InChI=1S/C30H36FN3O4S/c1-5-6-19-32-30(36)24(4)33(20-25-12-8-9-13-27(25)31)29(35)21-34(28-14-10-7-11-23(28)3)39(37,38)26-17-15-22(2)16-18-26/h7-18,24H,5-6,19-21H2,1-4H3,(H,32,36)/t24-/m1/s1. The molecule has 0 aliphatic rings. The third-order valence-electron chi connectivity index (χ3n) is 6.57. The number of hydrogen-bond acceptors (Lipinski definition) is 4. The predicted molar refractivity (Wildman–Crippen MR) is 151 cm³/mol. The zero-order valence-electron chi connectivity index (χ0n) is 22.9. The molecule has 0 saturated carbocycles. The van der Waals surface area contributed by atoms with Crippen LogP contribution in [0.3, 0.4) is 0 Å². The Labute approximate surface area is 230 Å². The van der Waals surface area contributed by atoms with Gasteiger partial charge < -0.3 is 10.2 Å². The zero-order chi connectivity index (χ0) is 28.6. The van der Waals surface area contributed by atoms with Crippen LogP contribution < -0.4 is 9.62 Å². The summed E-state index contributed by atoms with van der Waals surface area (Å²) >= 11 is 0. The molecule has 0 bridgehead atoms. The smallest absolute Gasteiger partial charge is 0.264 e. The van der Waals surface area contributed by atoms with Gasteiger partial charge in [0.15, 0.2) is 0 Å². The first kappa shape index (κ1) is 29.8. The van der Waals surface area contributed by atoms with Crippen molar-refractivity contribution in [2.45, 2.75) is 58.0 Å². The summed E-state index contributed by atoms with van der Waals surface area (Å²) in [6.07, 6.45) is 1.66. The van der Waals surface area contributed by atoms with Crippen molar-refractivity contribution in [1.29, 1.82) is 0 Å². The topological polar surface area (TPSA) is 86.8 Å². The van der Waals surface area contributed by atoms with Gasteiger partial charge in [-0.25, -0.2) is 12.8 Å². The lowest BCUT2D eigenvalue weighted by atomic mass is 10.1. The van der Waals surface area contributed by atoms with Crippen molar-refractivity contribution >= 4 is 27.5 Å². The summed E-state index contributed by atoms with van der Waals surface area (Å²) in [5, 5.41) is 2.82. The molecule has 0 aliphatic heterocycles. The van der Waals surface area contributed by atoms with Crippen molar-refractivity contribution < 1.29 is 22.4 Å². The molecule has 3 rings (SSSR count). The highest BCUT2D eigenvalue weighted by molar-refractivity contribution is 7.92. The van der Waals surface area contributed by atoms with Gasteiger partial charge in [-0.15, -0.1) is 0 Å². The molecule has 0 aliphatic carbocycles. The molecule has 7 nitrogen and oxygen atoms in total. The number of nitrogens with zero attached hydrogens (tertiary/aromatic N) is 2. The lowest BCUT2D eigenvalue weighted by Crippen LogP contribution is -2.51. The van der Waals surface area contributed by atoms with Crippen LogP contribution in [0.4, 0.5) is 10.1 Å². The maximum absolute atomic E-state index is 14.6. The van der Waals surface area contributed by atoms with E-state index >= 15 is 0 Å². The van der Waals surface area contributed by atoms with Crippen LogP contribution in [0.15, 0.2) is 77.7 Å². The van der Waals surface area contributed by atoms with E-state index in [1.165, 1.54) is 23.1 Å². The highest BCUT2D eigenvalue weighted by atomic mass is 32.2. The Morgan fingerprint density at radius 1 is 0.949 bits per heavy atom. The second-order valence-electron chi connectivity index (χ2n) is 9.54. The molecule has 0 spiro atoms. The van der Waals surface area contributed by atoms with Gasteiger partial charge in [0.2, 0.25) is 11.8 Å². The van der Waals surface area contributed by atoms with Gasteiger partial charge in [0.05, 0.1) is 10.6 Å². The number of amides is 2. The number of benzene rings is 3. The van der Waals surface area contributed by atoms with Crippen LogP contribution in [0.25, 0.3) is 0 Å². The van der Waals surface area contributed by atoms with Crippen LogP contribution in [0.1, 0.15) is 43.4 Å². The molecule has 208 valence electrons. The molecule has 1 N–H and O–H groups in total. The number of sulfonamides is 1. The van der Waals surface area contributed by atoms with Crippen LogP contribution in [-0.2, 0) is 26.2 Å². The van der Waals surface area contributed by atoms with Crippen molar-refractivity contribution in [2.75, 3.05) is 17.4 Å². The summed E-state index contributed by atoms with van der Waals surface area (Å²) in [4.78, 5) is 28.1. The van der Waals surface area contributed by atoms with Crippen LogP contribution in [0.2, 0.25) is 0 Å². The first-order chi connectivity index (χ1) is 18.6. The number of aryl methyl sites for hydroxylation is 2. The van der Waals surface area contributed by atoms with E-state index in [0.29, 0.717) is 17.8 Å². The van der Waals surface area contributed by atoms with Crippen LogP contribution >= 0.6 is 0 Å². The van der Waals surface area contributed by atoms with Gasteiger partial charge in [-0.05, 0) is 57.0 Å². The fourth-order valence-corrected chi connectivity index (χ4v) is 5.60. The molecule has 0 unspecified atom stereocenters. The first-order valence-corrected chi connectivity index (χ1v) is 14.5. The third kappa shape index (κ3) is 7.44. The normalized spacial score (nSPS) is 12.0. The Morgan fingerprint density at radius 2 is 1.59 bits per heavy atom. The molecule has 0 heterocycles. The summed E-state index contributed by atoms with van der Waals surface area (Å²) < 4.78 is 43.4. The summed E-state index contributed by atoms with van der Waals surface area (Å²) in [7, 11) is -4.16. The molecule has 0 radical (unpaired) electrons. The van der Waals surface area contributed by atoms with Gasteiger partial charge in [0.1, 0.15) is 18.4 Å². The minimum Gasteiger partial charge on any atom is -0.354 e. The number of hydrogen-bond donors (Lipinski definition) is 1. The minimum absolute atomic E-state index is 0.0372. The lowest BCUT2D eigenvalue weighted by molar-refractivity contribution is -0.139. The molecule has 9 heteroatoms. The molecule has 39 heavy (non-hydrogen) atoms. The Morgan fingerprint density at radius 3 is 2.23 bits per heavy atom. The van der Waals surface area contributed by atoms with E-state index in [9.17, 15) is 22.4 Å². The average Bonchev–Trinajstić information content (AvgIpc) is 2.91. The molecular weight excluding hydrogens is 517 g/mol. The van der Waals surface area contributed by atoms with Crippen LogP contribution in [0.5, 0.6) is 0 Å². The van der Waals surface area contributed by atoms with E-state index in [-0.39, 0.29) is 17.0 Å². The highest BCUT2D eigenvalue weighted by Crippen LogP contribution is 2.27. The second-order valence-corrected chi connectivity index (χ2v) is 11.4. The van der Waals surface area contributed by atoms with Crippen molar-refractivity contribution in [3.63, 3.8) is 0 Å². The maximum Gasteiger partial charge on any atom is 0.264 e. The number of nitrogens with one attached hydrogen (secondary N) is 1. The summed E-state index contributed by atoms with van der Waals surface area (Å²) in [6, 6.07) is 18.3. The van der Waals surface area contributed by atoms with Gasteiger partial charge in [0, 0.05) is 18.7 Å². The van der Waals surface area contributed by atoms with Gasteiger partial charge in [-0.2, -0.15) is 0 Å². The largest absolute Gasteiger partial charge is 0.354 e. The highest BCUT2D eigenvalue weighted by Gasteiger charge is 2.33. The Balaban J connectivity index is 2.02. The first-order valence-electron chi connectivity index (χ1n) is 13.0. The lowest BCUT2D eigenvalue weighted by Gasteiger charge is -2.32. The minimum atomic E-state index is -4.16. The maximum atomic E-state index is 14.6. The number of rotatable bonds is 12. The molecule has 3 aromatic rings. The molecule has 2 amide bonds. The SMILES string of the molecule is CCCCNC(=O)[C@@H](C)N(Cc1ccccc1F)C(=O)CN(c1ccccc1C)S(=O)(=O)c1ccc(C)cc1. The van der Waals surface area contributed by atoms with Crippen LogP contribution in [-0.4, -0.2) is 44.3 Å². The zero-order valence-corrected chi connectivity index (χ0v) is 23.7. The Hall–Kier alpha value is -3.72. The quantitative estimate of drug-likeness (QED) is 0.321. The molecule has 0 saturated heterocycles. The summed E-state index contributed by atoms with van der Waals surface area (Å²) in [5.41, 5.74) is 2.12. The van der Waals surface area contributed by atoms with Crippen LogP contribution in [0, 0.1) is 19.7 Å². The van der Waals surface area contributed by atoms with Gasteiger partial charge in [-0.3, -0.25) is 13.9 Å². The second kappa shape index (κ2) is 13.4. The molecule has 0 aromatic heterocycles. The van der Waals surface area contributed by atoms with Crippen molar-refractivity contribution in [2.24, 2.45) is 0 Å². The predicted octanol–water partition coefficient (Wildman–Crippen LogP) is 4.97. The van der Waals surface area contributed by atoms with Gasteiger partial charge in [0.25, 0.3) is 10.0 Å². The molecule has 3 aromatic carbocycles. The number of unbranched alkanes of at least 4 members (excludes halogenated alkanes) is 1. The third-order valence-corrected chi connectivity index (χ3v) is 8.34. The number of carbonyl (C=O) groups is 2. The number of carbonyl (C=O) groups excluding carboxylic acids is 2. The number of halogens is 1. The van der Waals surface area contributed by atoms with E-state index in [1.54, 1.807) is 68.4 Å². The summed E-state index contributed by atoms with van der Waals surface area (Å²) in [5.74, 6) is -1.54. The van der Waals surface area contributed by atoms with E-state index in [1.807, 2.05) is 13.8 Å². The molecular formula is C30H36FN3O4S. The van der Waals surface area contributed by atoms with E-state index in [0.717, 1.165) is 22.7 Å². The fourth-order valence-electron chi connectivity index (χ4n) is 4.12. The fraction of sp³-hybridized carbons (Fsp3) is 0.333. The summed E-state index contributed by atoms with van der Waals surface area (Å²) in [6.45, 7) is 6.86.